The van der Waals surface area contributed by atoms with E-state index in [2.05, 4.69) is 15.6 Å². The number of hydrogen-bond acceptors (Lipinski definition) is 6. The molecule has 1 aromatic heterocycles. The summed E-state index contributed by atoms with van der Waals surface area (Å²) >= 11 is 1.59. The summed E-state index contributed by atoms with van der Waals surface area (Å²) in [5, 5.41) is 6.27. The molecule has 0 aromatic carbocycles. The third kappa shape index (κ3) is 7.85. The predicted octanol–water partition coefficient (Wildman–Crippen LogP) is 2.69. The van der Waals surface area contributed by atoms with Crippen molar-refractivity contribution in [2.45, 2.75) is 51.2 Å². The van der Waals surface area contributed by atoms with Gasteiger partial charge in [-0.25, -0.2) is 9.78 Å². The van der Waals surface area contributed by atoms with Crippen LogP contribution < -0.4 is 10.6 Å². The molecule has 1 fully saturated rings. The van der Waals surface area contributed by atoms with Crippen molar-refractivity contribution in [1.29, 1.82) is 0 Å². The van der Waals surface area contributed by atoms with E-state index in [0.29, 0.717) is 25.2 Å². The van der Waals surface area contributed by atoms with E-state index < -0.39 is 11.7 Å². The predicted molar refractivity (Wildman–Crippen MR) is 117 cm³/mol. The maximum absolute atomic E-state index is 12.9. The molecule has 0 spiro atoms. The SMILES string of the molecule is CCSc1cc(C(=O)N2CCCC(C(=O)NCCNC(=O)OC(C)(C)C)C2)ccn1. The van der Waals surface area contributed by atoms with Crippen molar-refractivity contribution in [2.24, 2.45) is 5.92 Å². The Hall–Kier alpha value is -2.29. The molecule has 30 heavy (non-hydrogen) atoms. The van der Waals surface area contributed by atoms with Crippen LogP contribution in [-0.2, 0) is 9.53 Å². The highest BCUT2D eigenvalue weighted by atomic mass is 32.2. The Morgan fingerprint density at radius 2 is 2.00 bits per heavy atom. The Labute approximate surface area is 182 Å². The molecular formula is C21H32N4O4S. The third-order valence-electron chi connectivity index (χ3n) is 4.45. The molecule has 0 aliphatic carbocycles. The van der Waals surface area contributed by atoms with Crippen LogP contribution in [0.15, 0.2) is 23.4 Å². The molecular weight excluding hydrogens is 404 g/mol. The van der Waals surface area contributed by atoms with Crippen molar-refractivity contribution in [3.63, 3.8) is 0 Å². The second-order valence-corrected chi connectivity index (χ2v) is 9.41. The molecule has 1 unspecified atom stereocenters. The van der Waals surface area contributed by atoms with Crippen molar-refractivity contribution in [3.8, 4) is 0 Å². The van der Waals surface area contributed by atoms with Gasteiger partial charge in [-0.2, -0.15) is 0 Å². The maximum Gasteiger partial charge on any atom is 0.407 e. The lowest BCUT2D eigenvalue weighted by molar-refractivity contribution is -0.126. The number of amides is 3. The summed E-state index contributed by atoms with van der Waals surface area (Å²) in [5.41, 5.74) is 0.0412. The van der Waals surface area contributed by atoms with Crippen LogP contribution in [0.25, 0.3) is 0 Å². The van der Waals surface area contributed by atoms with Crippen LogP contribution in [0.4, 0.5) is 4.79 Å². The van der Waals surface area contributed by atoms with Gasteiger partial charge in [0.25, 0.3) is 5.91 Å². The van der Waals surface area contributed by atoms with Crippen LogP contribution in [0.1, 0.15) is 50.9 Å². The Bertz CT molecular complexity index is 751. The smallest absolute Gasteiger partial charge is 0.407 e. The minimum Gasteiger partial charge on any atom is -0.444 e. The molecule has 1 aliphatic heterocycles. The Morgan fingerprint density at radius 3 is 2.70 bits per heavy atom. The molecule has 1 aliphatic rings. The number of piperidine rings is 1. The van der Waals surface area contributed by atoms with Crippen LogP contribution in [0, 0.1) is 5.92 Å². The first-order valence-electron chi connectivity index (χ1n) is 10.3. The summed E-state index contributed by atoms with van der Waals surface area (Å²) in [7, 11) is 0. The van der Waals surface area contributed by atoms with Crippen LogP contribution in [0.2, 0.25) is 0 Å². The highest BCUT2D eigenvalue weighted by Gasteiger charge is 2.29. The standard InChI is InChI=1S/C21H32N4O4S/c1-5-30-17-13-15(8-9-22-17)19(27)25-12-6-7-16(14-25)18(26)23-10-11-24-20(28)29-21(2,3)4/h8-9,13,16H,5-7,10-12,14H2,1-4H3,(H,23,26)(H,24,28). The molecule has 8 nitrogen and oxygen atoms in total. The number of carbonyl (C=O) groups excluding carboxylic acids is 3. The third-order valence-corrected chi connectivity index (χ3v) is 5.25. The summed E-state index contributed by atoms with van der Waals surface area (Å²) in [5.74, 6) is 0.463. The van der Waals surface area contributed by atoms with Crippen LogP contribution in [-0.4, -0.2) is 65.3 Å². The van der Waals surface area contributed by atoms with Gasteiger partial charge >= 0.3 is 6.09 Å². The number of hydrogen-bond donors (Lipinski definition) is 2. The molecule has 166 valence electrons. The number of nitrogens with one attached hydrogen (secondary N) is 2. The van der Waals surface area contributed by atoms with Crippen molar-refractivity contribution in [1.82, 2.24) is 20.5 Å². The minimum absolute atomic E-state index is 0.0700. The number of aromatic nitrogens is 1. The van der Waals surface area contributed by atoms with Crippen molar-refractivity contribution < 1.29 is 19.1 Å². The van der Waals surface area contributed by atoms with Gasteiger partial charge in [0.15, 0.2) is 0 Å². The lowest BCUT2D eigenvalue weighted by atomic mass is 9.96. The van der Waals surface area contributed by atoms with Crippen molar-refractivity contribution >= 4 is 29.7 Å². The second kappa shape index (κ2) is 11.2. The van der Waals surface area contributed by atoms with E-state index in [1.165, 1.54) is 0 Å². The molecule has 1 saturated heterocycles. The zero-order valence-electron chi connectivity index (χ0n) is 18.2. The van der Waals surface area contributed by atoms with Crippen LogP contribution in [0.3, 0.4) is 0 Å². The van der Waals surface area contributed by atoms with Gasteiger partial charge in [-0.15, -0.1) is 11.8 Å². The molecule has 0 bridgehead atoms. The summed E-state index contributed by atoms with van der Waals surface area (Å²) < 4.78 is 5.15. The fourth-order valence-corrected chi connectivity index (χ4v) is 3.78. The normalized spacial score (nSPS) is 16.7. The molecule has 2 heterocycles. The maximum atomic E-state index is 12.9. The Morgan fingerprint density at radius 1 is 1.27 bits per heavy atom. The van der Waals surface area contributed by atoms with Crippen molar-refractivity contribution in [2.75, 3.05) is 31.9 Å². The van der Waals surface area contributed by atoms with Gasteiger partial charge in [-0.1, -0.05) is 6.92 Å². The van der Waals surface area contributed by atoms with Gasteiger partial charge in [-0.05, 0) is 51.5 Å². The van der Waals surface area contributed by atoms with Gasteiger partial charge < -0.3 is 20.3 Å². The highest BCUT2D eigenvalue weighted by molar-refractivity contribution is 7.99. The average molecular weight is 437 g/mol. The fraction of sp³-hybridized carbons (Fsp3) is 0.619. The van der Waals surface area contributed by atoms with E-state index in [1.807, 2.05) is 13.0 Å². The molecule has 1 aromatic rings. The summed E-state index contributed by atoms with van der Waals surface area (Å²) in [6.07, 6.45) is 2.66. The lowest BCUT2D eigenvalue weighted by Crippen LogP contribution is -2.46. The number of likely N-dealkylation sites (tertiary alicyclic amines) is 1. The Kier molecular flexibility index (Phi) is 8.95. The largest absolute Gasteiger partial charge is 0.444 e. The van der Waals surface area contributed by atoms with Gasteiger partial charge in [0, 0.05) is 37.9 Å². The first kappa shape index (κ1) is 24.0. The van der Waals surface area contributed by atoms with Crippen LogP contribution >= 0.6 is 11.8 Å². The quantitative estimate of drug-likeness (QED) is 0.503. The average Bonchev–Trinajstić information content (AvgIpc) is 2.70. The number of nitrogens with zero attached hydrogens (tertiary/aromatic N) is 2. The molecule has 1 atom stereocenters. The van der Waals surface area contributed by atoms with Crippen LogP contribution in [0.5, 0.6) is 0 Å². The van der Waals surface area contributed by atoms with Gasteiger partial charge in [-0.3, -0.25) is 9.59 Å². The number of rotatable bonds is 7. The molecule has 0 saturated carbocycles. The highest BCUT2D eigenvalue weighted by Crippen LogP contribution is 2.21. The minimum atomic E-state index is -0.559. The molecule has 0 radical (unpaired) electrons. The lowest BCUT2D eigenvalue weighted by Gasteiger charge is -2.32. The number of ether oxygens (including phenoxy) is 1. The van der Waals surface area contributed by atoms with E-state index in [0.717, 1.165) is 23.6 Å². The van der Waals surface area contributed by atoms with Gasteiger partial charge in [0.1, 0.15) is 5.60 Å². The van der Waals surface area contributed by atoms with Gasteiger partial charge in [0.05, 0.1) is 10.9 Å². The van der Waals surface area contributed by atoms with E-state index >= 15 is 0 Å². The zero-order chi connectivity index (χ0) is 22.1. The summed E-state index contributed by atoms with van der Waals surface area (Å²) in [6.45, 7) is 9.04. The monoisotopic (exact) mass is 436 g/mol. The van der Waals surface area contributed by atoms with E-state index in [-0.39, 0.29) is 24.3 Å². The molecule has 3 amide bonds. The Balaban J connectivity index is 1.81. The first-order chi connectivity index (χ1) is 14.2. The number of alkyl carbamates (subject to hydrolysis) is 1. The van der Waals surface area contributed by atoms with E-state index in [9.17, 15) is 14.4 Å². The number of carbonyl (C=O) groups is 3. The van der Waals surface area contributed by atoms with Gasteiger partial charge in [0.2, 0.25) is 5.91 Å². The first-order valence-corrected chi connectivity index (χ1v) is 11.3. The molecule has 2 rings (SSSR count). The van der Waals surface area contributed by atoms with Crippen molar-refractivity contribution in [3.05, 3.63) is 23.9 Å². The fourth-order valence-electron chi connectivity index (χ4n) is 3.14. The molecule has 9 heteroatoms. The van der Waals surface area contributed by atoms with E-state index in [4.69, 9.17) is 4.74 Å². The number of pyridine rings is 1. The zero-order valence-corrected chi connectivity index (χ0v) is 19.0. The summed E-state index contributed by atoms with van der Waals surface area (Å²) in [4.78, 5) is 43.0. The van der Waals surface area contributed by atoms with E-state index in [1.54, 1.807) is 49.7 Å². The molecule has 2 N–H and O–H groups in total. The second-order valence-electron chi connectivity index (χ2n) is 8.13. The number of thioether (sulfide) groups is 1. The topological polar surface area (TPSA) is 101 Å². The summed E-state index contributed by atoms with van der Waals surface area (Å²) in [6, 6.07) is 3.52.